The Bertz CT molecular complexity index is 724. The summed E-state index contributed by atoms with van der Waals surface area (Å²) in [7, 11) is 0. The predicted octanol–water partition coefficient (Wildman–Crippen LogP) is 5.54. The predicted molar refractivity (Wildman–Crippen MR) is 99.6 cm³/mol. The molecule has 0 fully saturated rings. The van der Waals surface area contributed by atoms with Gasteiger partial charge in [0.15, 0.2) is 0 Å². The molecule has 2 aromatic rings. The molecule has 0 saturated carbocycles. The molecule has 0 heterocycles. The maximum absolute atomic E-state index is 12.5. The molecule has 1 N–H and O–H groups in total. The molecule has 0 aliphatic carbocycles. The Balaban J connectivity index is 2.19. The number of ether oxygens (including phenoxy) is 2. The number of carboxylic acid groups (broad SMARTS) is 1. The molecule has 0 saturated heterocycles. The van der Waals surface area contributed by atoms with Gasteiger partial charge in [-0.15, -0.1) is 0 Å². The van der Waals surface area contributed by atoms with E-state index in [0.717, 1.165) is 25.7 Å². The van der Waals surface area contributed by atoms with E-state index in [1.165, 1.54) is 12.5 Å². The highest BCUT2D eigenvalue weighted by Gasteiger charge is 2.20. The van der Waals surface area contributed by atoms with E-state index in [-0.39, 0.29) is 5.75 Å². The third-order valence-electron chi connectivity index (χ3n) is 3.99. The van der Waals surface area contributed by atoms with Crippen molar-refractivity contribution >= 4 is 12.1 Å². The van der Waals surface area contributed by atoms with E-state index in [2.05, 4.69) is 6.92 Å². The van der Waals surface area contributed by atoms with E-state index < -0.39 is 12.1 Å². The van der Waals surface area contributed by atoms with Gasteiger partial charge in [0, 0.05) is 5.56 Å². The lowest BCUT2D eigenvalue weighted by Crippen LogP contribution is -2.11. The van der Waals surface area contributed by atoms with Crippen LogP contribution in [0.1, 0.15) is 49.4 Å². The van der Waals surface area contributed by atoms with Crippen molar-refractivity contribution in [1.29, 1.82) is 0 Å². The number of carbonyl (C=O) groups excluding carboxylic acids is 1. The number of benzene rings is 2. The van der Waals surface area contributed by atoms with Crippen LogP contribution in [0.4, 0.5) is 4.79 Å². The van der Waals surface area contributed by atoms with Crippen LogP contribution in [-0.2, 0) is 4.74 Å². The monoisotopic (exact) mass is 356 g/mol. The molecule has 0 atom stereocenters. The highest BCUT2D eigenvalue weighted by atomic mass is 16.7. The quantitative estimate of drug-likeness (QED) is 0.363. The second kappa shape index (κ2) is 10.2. The minimum Gasteiger partial charge on any atom is -0.462 e. The molecule has 26 heavy (non-hydrogen) atoms. The zero-order chi connectivity index (χ0) is 18.8. The lowest BCUT2D eigenvalue weighted by Gasteiger charge is -2.13. The molecule has 0 aliphatic heterocycles. The van der Waals surface area contributed by atoms with Crippen LogP contribution in [0, 0.1) is 0 Å². The Morgan fingerprint density at radius 1 is 0.923 bits per heavy atom. The molecule has 5 nitrogen and oxygen atoms in total. The highest BCUT2D eigenvalue weighted by molar-refractivity contribution is 5.99. The van der Waals surface area contributed by atoms with Crippen molar-refractivity contribution in [3.8, 4) is 16.9 Å². The van der Waals surface area contributed by atoms with Gasteiger partial charge >= 0.3 is 12.1 Å². The van der Waals surface area contributed by atoms with Crippen molar-refractivity contribution in [2.75, 3.05) is 6.61 Å². The van der Waals surface area contributed by atoms with Gasteiger partial charge in [0.1, 0.15) is 5.75 Å². The number of hydrogen-bond acceptors (Lipinski definition) is 4. The normalized spacial score (nSPS) is 10.3. The molecule has 0 amide bonds. The van der Waals surface area contributed by atoms with Crippen LogP contribution in [0.15, 0.2) is 48.5 Å². The van der Waals surface area contributed by atoms with Gasteiger partial charge < -0.3 is 14.6 Å². The molecular formula is C21H24O5. The fourth-order valence-electron chi connectivity index (χ4n) is 2.73. The maximum atomic E-state index is 12.5. The van der Waals surface area contributed by atoms with E-state index >= 15 is 0 Å². The highest BCUT2D eigenvalue weighted by Crippen LogP contribution is 2.34. The van der Waals surface area contributed by atoms with Crippen molar-refractivity contribution in [1.82, 2.24) is 0 Å². The molecule has 0 radical (unpaired) electrons. The molecule has 0 spiro atoms. The standard InChI is InChI=1S/C21H24O5/c1-2-3-4-5-9-15-25-20(22)17-13-10-14-18(26-21(23)24)19(17)16-11-7-6-8-12-16/h6-8,10-14H,2-5,9,15H2,1H3,(H,23,24). The Kier molecular flexibility index (Phi) is 7.68. The minimum absolute atomic E-state index is 0.112. The molecule has 2 aromatic carbocycles. The summed E-state index contributed by atoms with van der Waals surface area (Å²) >= 11 is 0. The SMILES string of the molecule is CCCCCCCOC(=O)c1cccc(OC(=O)O)c1-c1ccccc1. The third-order valence-corrected chi connectivity index (χ3v) is 3.99. The number of hydrogen-bond donors (Lipinski definition) is 1. The Hall–Kier alpha value is -2.82. The summed E-state index contributed by atoms with van der Waals surface area (Å²) in [5, 5.41) is 8.97. The Morgan fingerprint density at radius 3 is 2.35 bits per heavy atom. The minimum atomic E-state index is -1.43. The van der Waals surface area contributed by atoms with Gasteiger partial charge in [0.2, 0.25) is 0 Å². The van der Waals surface area contributed by atoms with Crippen molar-refractivity contribution in [2.45, 2.75) is 39.0 Å². The topological polar surface area (TPSA) is 72.8 Å². The Labute approximate surface area is 153 Å². The first-order chi connectivity index (χ1) is 12.6. The van der Waals surface area contributed by atoms with Crippen LogP contribution in [-0.4, -0.2) is 23.8 Å². The summed E-state index contributed by atoms with van der Waals surface area (Å²) in [6, 6.07) is 13.8. The first kappa shape index (κ1) is 19.5. The number of rotatable bonds is 9. The molecule has 2 rings (SSSR count). The largest absolute Gasteiger partial charge is 0.511 e. The van der Waals surface area contributed by atoms with Crippen LogP contribution < -0.4 is 4.74 Å². The molecule has 5 heteroatoms. The van der Waals surface area contributed by atoms with Gasteiger partial charge in [-0.05, 0) is 24.1 Å². The first-order valence-corrected chi connectivity index (χ1v) is 8.89. The smallest absolute Gasteiger partial charge is 0.462 e. The average Bonchev–Trinajstić information content (AvgIpc) is 2.64. The van der Waals surface area contributed by atoms with Crippen molar-refractivity contribution in [2.24, 2.45) is 0 Å². The summed E-state index contributed by atoms with van der Waals surface area (Å²) in [6.07, 6.45) is 3.89. The lowest BCUT2D eigenvalue weighted by molar-refractivity contribution is 0.0497. The number of esters is 1. The maximum Gasteiger partial charge on any atom is 0.511 e. The van der Waals surface area contributed by atoms with Crippen LogP contribution >= 0.6 is 0 Å². The second-order valence-electron chi connectivity index (χ2n) is 5.96. The van der Waals surface area contributed by atoms with Crippen LogP contribution in [0.5, 0.6) is 5.75 Å². The molecule has 0 aliphatic rings. The number of unbranched alkanes of at least 4 members (excludes halogenated alkanes) is 4. The number of carbonyl (C=O) groups is 2. The fourth-order valence-corrected chi connectivity index (χ4v) is 2.73. The molecule has 0 bridgehead atoms. The van der Waals surface area contributed by atoms with E-state index in [0.29, 0.717) is 23.3 Å². The Morgan fingerprint density at radius 2 is 1.65 bits per heavy atom. The van der Waals surface area contributed by atoms with E-state index in [1.54, 1.807) is 24.3 Å². The van der Waals surface area contributed by atoms with Crippen molar-refractivity contribution in [3.05, 3.63) is 54.1 Å². The summed E-state index contributed by atoms with van der Waals surface area (Å²) < 4.78 is 10.3. The summed E-state index contributed by atoms with van der Waals surface area (Å²) in [6.45, 7) is 2.50. The molecule has 0 aromatic heterocycles. The van der Waals surface area contributed by atoms with Crippen molar-refractivity contribution < 1.29 is 24.2 Å². The zero-order valence-corrected chi connectivity index (χ0v) is 14.9. The summed E-state index contributed by atoms with van der Waals surface area (Å²) in [4.78, 5) is 23.5. The summed E-state index contributed by atoms with van der Waals surface area (Å²) in [5.41, 5.74) is 1.41. The third kappa shape index (κ3) is 5.62. The van der Waals surface area contributed by atoms with E-state index in [4.69, 9.17) is 14.6 Å². The van der Waals surface area contributed by atoms with Crippen molar-refractivity contribution in [3.63, 3.8) is 0 Å². The van der Waals surface area contributed by atoms with Gasteiger partial charge in [-0.1, -0.05) is 69.0 Å². The van der Waals surface area contributed by atoms with Gasteiger partial charge in [-0.25, -0.2) is 9.59 Å². The lowest BCUT2D eigenvalue weighted by atomic mass is 9.98. The van der Waals surface area contributed by atoms with Gasteiger partial charge in [0.05, 0.1) is 12.2 Å². The summed E-state index contributed by atoms with van der Waals surface area (Å²) in [5.74, 6) is -0.365. The van der Waals surface area contributed by atoms with E-state index in [9.17, 15) is 9.59 Å². The zero-order valence-electron chi connectivity index (χ0n) is 14.9. The van der Waals surface area contributed by atoms with Crippen LogP contribution in [0.2, 0.25) is 0 Å². The van der Waals surface area contributed by atoms with E-state index in [1.807, 2.05) is 18.2 Å². The molecule has 138 valence electrons. The van der Waals surface area contributed by atoms with Crippen LogP contribution in [0.25, 0.3) is 11.1 Å². The van der Waals surface area contributed by atoms with Crippen LogP contribution in [0.3, 0.4) is 0 Å². The average molecular weight is 356 g/mol. The van der Waals surface area contributed by atoms with Gasteiger partial charge in [0.25, 0.3) is 0 Å². The van der Waals surface area contributed by atoms with Gasteiger partial charge in [-0.3, -0.25) is 0 Å². The fraction of sp³-hybridized carbons (Fsp3) is 0.333. The molecule has 0 unspecified atom stereocenters. The first-order valence-electron chi connectivity index (χ1n) is 8.89. The van der Waals surface area contributed by atoms with Gasteiger partial charge in [-0.2, -0.15) is 0 Å². The second-order valence-corrected chi connectivity index (χ2v) is 5.96. The molecular weight excluding hydrogens is 332 g/mol.